The molecule has 0 saturated heterocycles. The van der Waals surface area contributed by atoms with Crippen LogP contribution in [0.15, 0.2) is 18.3 Å². The average molecular weight is 438 g/mol. The lowest BCUT2D eigenvalue weighted by Crippen LogP contribution is -2.39. The molecule has 0 aliphatic carbocycles. The Bertz CT molecular complexity index is 766. The highest BCUT2D eigenvalue weighted by Gasteiger charge is 2.31. The predicted molar refractivity (Wildman–Crippen MR) is 120 cm³/mol. The molecule has 0 aromatic carbocycles. The molecule has 29 heavy (non-hydrogen) atoms. The molecule has 1 aliphatic heterocycles. The molecule has 161 valence electrons. The Morgan fingerprint density at radius 2 is 1.90 bits per heavy atom. The molecule has 0 saturated carbocycles. The zero-order valence-corrected chi connectivity index (χ0v) is 20.7. The summed E-state index contributed by atoms with van der Waals surface area (Å²) in [5.74, 6) is 0. The van der Waals surface area contributed by atoms with Gasteiger partial charge in [0, 0.05) is 19.3 Å². The summed E-state index contributed by atoms with van der Waals surface area (Å²) in [5.41, 5.74) is 2.35. The summed E-state index contributed by atoms with van der Waals surface area (Å²) in [6.45, 7) is 17.4. The van der Waals surface area contributed by atoms with Crippen LogP contribution in [-0.2, 0) is 9.16 Å². The van der Waals surface area contributed by atoms with Gasteiger partial charge in [-0.15, -0.1) is 0 Å². The van der Waals surface area contributed by atoms with Crippen molar-refractivity contribution in [3.8, 4) is 0 Å². The van der Waals surface area contributed by atoms with E-state index in [-0.39, 0.29) is 17.6 Å². The van der Waals surface area contributed by atoms with E-state index in [2.05, 4.69) is 44.9 Å². The van der Waals surface area contributed by atoms with Gasteiger partial charge in [-0.05, 0) is 62.9 Å². The lowest BCUT2D eigenvalue weighted by molar-refractivity contribution is 0.0270. The molecule has 1 aromatic rings. The van der Waals surface area contributed by atoms with E-state index in [1.807, 2.05) is 33.0 Å². The summed E-state index contributed by atoms with van der Waals surface area (Å²) < 4.78 is 11.7. The van der Waals surface area contributed by atoms with Crippen LogP contribution in [0.2, 0.25) is 18.1 Å². The largest absolute Gasteiger partial charge is 0.444 e. The minimum atomic E-state index is -0.896. The van der Waals surface area contributed by atoms with Gasteiger partial charge in [0.1, 0.15) is 5.60 Å². The third kappa shape index (κ3) is 6.83. The Morgan fingerprint density at radius 1 is 1.24 bits per heavy atom. The molecule has 0 N–H and O–H groups in total. The van der Waals surface area contributed by atoms with Crippen LogP contribution in [0.5, 0.6) is 0 Å². The van der Waals surface area contributed by atoms with Crippen LogP contribution in [-0.4, -0.2) is 43.7 Å². The molecular weight excluding hydrogens is 404 g/mol. The third-order valence-electron chi connectivity index (χ3n) is 4.49. The monoisotopic (exact) mass is 437 g/mol. The first-order valence-corrected chi connectivity index (χ1v) is 12.9. The second-order valence-corrected chi connectivity index (χ2v) is 12.2. The number of amides is 1. The number of nitrogens with zero attached hydrogens (tertiary/aromatic N) is 2. The van der Waals surface area contributed by atoms with Crippen molar-refractivity contribution in [3.63, 3.8) is 0 Å². The summed E-state index contributed by atoms with van der Waals surface area (Å²) in [4.78, 5) is 18.6. The summed E-state index contributed by atoms with van der Waals surface area (Å²) in [6.07, 6.45) is 4.25. The Balaban J connectivity index is 2.17. The maximum Gasteiger partial charge on any atom is 0.410 e. The SMILES string of the molecule is C[Si](C)OC(c1ncc(C2=CCN(C(=O)OC(C)(C)C)CC2)cc1Cl)C(C)(C)C. The van der Waals surface area contributed by atoms with Gasteiger partial charge in [0.2, 0.25) is 9.04 Å². The molecule has 0 spiro atoms. The molecule has 0 fully saturated rings. The molecule has 1 amide bonds. The van der Waals surface area contributed by atoms with E-state index < -0.39 is 14.6 Å². The van der Waals surface area contributed by atoms with Crippen molar-refractivity contribution in [3.05, 3.63) is 34.6 Å². The van der Waals surface area contributed by atoms with Gasteiger partial charge in [0.25, 0.3) is 0 Å². The Labute approximate surface area is 182 Å². The second kappa shape index (κ2) is 9.19. The van der Waals surface area contributed by atoms with Crippen LogP contribution in [0.4, 0.5) is 4.79 Å². The fraction of sp³-hybridized carbons (Fsp3) is 0.636. The van der Waals surface area contributed by atoms with Gasteiger partial charge < -0.3 is 14.1 Å². The van der Waals surface area contributed by atoms with Crippen molar-refractivity contribution >= 4 is 32.3 Å². The van der Waals surface area contributed by atoms with E-state index in [0.29, 0.717) is 18.1 Å². The van der Waals surface area contributed by atoms with Crippen LogP contribution in [0.1, 0.15) is 65.3 Å². The maximum atomic E-state index is 12.2. The zero-order chi connectivity index (χ0) is 22.0. The zero-order valence-electron chi connectivity index (χ0n) is 18.9. The standard InChI is InChI=1S/C22H34ClN2O3Si/c1-21(2,3)19(28-29(7)8)18-17(23)13-16(14-24-18)15-9-11-25(12-10-15)20(26)27-22(4,5)6/h9,13-14,19H,10-12H2,1-8H3. The minimum absolute atomic E-state index is 0.0991. The van der Waals surface area contributed by atoms with Gasteiger partial charge in [0.15, 0.2) is 0 Å². The van der Waals surface area contributed by atoms with Gasteiger partial charge in [-0.25, -0.2) is 4.79 Å². The number of hydrogen-bond donors (Lipinski definition) is 0. The molecule has 5 nitrogen and oxygen atoms in total. The molecule has 1 radical (unpaired) electrons. The molecular formula is C22H34ClN2O3Si. The highest BCUT2D eigenvalue weighted by Crippen LogP contribution is 2.39. The molecule has 2 heterocycles. The smallest absolute Gasteiger partial charge is 0.410 e. The second-order valence-electron chi connectivity index (χ2n) is 9.77. The van der Waals surface area contributed by atoms with Crippen LogP contribution in [0.3, 0.4) is 0 Å². The highest BCUT2D eigenvalue weighted by molar-refractivity contribution is 6.48. The van der Waals surface area contributed by atoms with Crippen molar-refractivity contribution in [2.45, 2.75) is 72.8 Å². The number of rotatable bonds is 4. The summed E-state index contributed by atoms with van der Waals surface area (Å²) in [5, 5.41) is 0.626. The first-order valence-electron chi connectivity index (χ1n) is 10.1. The van der Waals surface area contributed by atoms with Crippen molar-refractivity contribution in [2.24, 2.45) is 5.41 Å². The van der Waals surface area contributed by atoms with Crippen molar-refractivity contribution in [1.82, 2.24) is 9.88 Å². The van der Waals surface area contributed by atoms with Crippen molar-refractivity contribution < 1.29 is 14.0 Å². The van der Waals surface area contributed by atoms with Gasteiger partial charge >= 0.3 is 6.09 Å². The summed E-state index contributed by atoms with van der Waals surface area (Å²) in [7, 11) is -0.896. The van der Waals surface area contributed by atoms with Crippen LogP contribution in [0, 0.1) is 5.41 Å². The number of halogens is 1. The summed E-state index contributed by atoms with van der Waals surface area (Å²) in [6, 6.07) is 1.97. The Kier molecular flexibility index (Phi) is 7.57. The molecule has 0 bridgehead atoms. The highest BCUT2D eigenvalue weighted by atomic mass is 35.5. The first-order chi connectivity index (χ1) is 13.3. The topological polar surface area (TPSA) is 51.7 Å². The Hall–Kier alpha value is -1.37. The van der Waals surface area contributed by atoms with E-state index in [1.54, 1.807) is 4.90 Å². The lowest BCUT2D eigenvalue weighted by Gasteiger charge is -2.32. The van der Waals surface area contributed by atoms with E-state index >= 15 is 0 Å². The van der Waals surface area contributed by atoms with Crippen molar-refractivity contribution in [1.29, 1.82) is 0 Å². The van der Waals surface area contributed by atoms with Gasteiger partial charge in [-0.3, -0.25) is 4.98 Å². The predicted octanol–water partition coefficient (Wildman–Crippen LogP) is 6.11. The first kappa shape index (κ1) is 23.9. The summed E-state index contributed by atoms with van der Waals surface area (Å²) >= 11 is 6.64. The average Bonchev–Trinajstić information content (AvgIpc) is 2.57. The van der Waals surface area contributed by atoms with E-state index in [9.17, 15) is 4.79 Å². The van der Waals surface area contributed by atoms with E-state index in [4.69, 9.17) is 20.8 Å². The van der Waals surface area contributed by atoms with Gasteiger partial charge in [-0.2, -0.15) is 0 Å². The molecule has 1 aromatic heterocycles. The molecule has 2 rings (SSSR count). The molecule has 7 heteroatoms. The number of pyridine rings is 1. The number of hydrogen-bond acceptors (Lipinski definition) is 4. The maximum absolute atomic E-state index is 12.2. The van der Waals surface area contributed by atoms with Gasteiger partial charge in [0.05, 0.1) is 16.8 Å². The van der Waals surface area contributed by atoms with E-state index in [1.165, 1.54) is 0 Å². The third-order valence-corrected chi connectivity index (χ3v) is 5.50. The van der Waals surface area contributed by atoms with E-state index in [0.717, 1.165) is 23.3 Å². The molecule has 1 aliphatic rings. The minimum Gasteiger partial charge on any atom is -0.444 e. The lowest BCUT2D eigenvalue weighted by atomic mass is 9.86. The van der Waals surface area contributed by atoms with Crippen LogP contribution in [0.25, 0.3) is 5.57 Å². The van der Waals surface area contributed by atoms with Crippen molar-refractivity contribution in [2.75, 3.05) is 13.1 Å². The number of ether oxygens (including phenoxy) is 1. The fourth-order valence-electron chi connectivity index (χ4n) is 3.12. The number of aromatic nitrogens is 1. The van der Waals surface area contributed by atoms with Gasteiger partial charge in [-0.1, -0.05) is 38.4 Å². The number of carbonyl (C=O) groups is 1. The normalized spacial score (nSPS) is 16.6. The van der Waals surface area contributed by atoms with Crippen LogP contribution < -0.4 is 0 Å². The molecule has 1 unspecified atom stereocenters. The fourth-order valence-corrected chi connectivity index (χ4v) is 4.32. The Morgan fingerprint density at radius 3 is 2.34 bits per heavy atom. The van der Waals surface area contributed by atoms with Crippen LogP contribution >= 0.6 is 11.6 Å². The number of carbonyl (C=O) groups excluding carboxylic acids is 1. The molecule has 1 atom stereocenters. The quantitative estimate of drug-likeness (QED) is 0.533.